The van der Waals surface area contributed by atoms with Crippen molar-refractivity contribution < 1.29 is 4.74 Å². The lowest BCUT2D eigenvalue weighted by Crippen LogP contribution is -2.44. The number of hydrogen-bond acceptors (Lipinski definition) is 2. The first-order chi connectivity index (χ1) is 8.14. The second kappa shape index (κ2) is 3.89. The Balaban J connectivity index is 1.99. The third kappa shape index (κ3) is 1.84. The number of ether oxygens (including phenoxy) is 1. The molecule has 2 atom stereocenters. The highest BCUT2D eigenvalue weighted by Gasteiger charge is 2.49. The van der Waals surface area contributed by atoms with Crippen LogP contribution in [0.25, 0.3) is 0 Å². The van der Waals surface area contributed by atoms with Gasteiger partial charge in [-0.2, -0.15) is 0 Å². The second-order valence-corrected chi connectivity index (χ2v) is 5.72. The SMILES string of the molecule is CCC1(C2CC2)CC(N)c2cc(Cl)ccc2O1. The lowest BCUT2D eigenvalue weighted by Gasteiger charge is -2.41. The van der Waals surface area contributed by atoms with E-state index in [1.165, 1.54) is 12.8 Å². The summed E-state index contributed by atoms with van der Waals surface area (Å²) in [6.07, 6.45) is 4.52. The maximum atomic E-state index is 6.29. The molecule has 2 aliphatic rings. The predicted molar refractivity (Wildman–Crippen MR) is 69.4 cm³/mol. The van der Waals surface area contributed by atoms with Gasteiger partial charge in [-0.3, -0.25) is 0 Å². The Morgan fingerprint density at radius 3 is 2.88 bits per heavy atom. The Morgan fingerprint density at radius 1 is 1.47 bits per heavy atom. The van der Waals surface area contributed by atoms with E-state index in [0.717, 1.165) is 29.2 Å². The first-order valence-electron chi connectivity index (χ1n) is 6.38. The smallest absolute Gasteiger partial charge is 0.125 e. The van der Waals surface area contributed by atoms with Crippen molar-refractivity contribution in [1.29, 1.82) is 0 Å². The van der Waals surface area contributed by atoms with Crippen LogP contribution >= 0.6 is 11.6 Å². The van der Waals surface area contributed by atoms with E-state index >= 15 is 0 Å². The summed E-state index contributed by atoms with van der Waals surface area (Å²) in [7, 11) is 0. The van der Waals surface area contributed by atoms with Crippen LogP contribution < -0.4 is 10.5 Å². The number of halogens is 1. The van der Waals surface area contributed by atoms with Gasteiger partial charge >= 0.3 is 0 Å². The van der Waals surface area contributed by atoms with Crippen molar-refractivity contribution in [1.82, 2.24) is 0 Å². The molecule has 0 amide bonds. The molecule has 2 N–H and O–H groups in total. The van der Waals surface area contributed by atoms with Gasteiger partial charge in [0.1, 0.15) is 11.4 Å². The molecule has 0 bridgehead atoms. The van der Waals surface area contributed by atoms with E-state index in [4.69, 9.17) is 22.1 Å². The molecular formula is C14H18ClNO. The Kier molecular flexibility index (Phi) is 2.60. The summed E-state index contributed by atoms with van der Waals surface area (Å²) in [5.74, 6) is 1.63. The number of nitrogens with two attached hydrogens (primary N) is 1. The highest BCUT2D eigenvalue weighted by Crippen LogP contribution is 2.51. The van der Waals surface area contributed by atoms with Crippen molar-refractivity contribution in [3.05, 3.63) is 28.8 Å². The van der Waals surface area contributed by atoms with Gasteiger partial charge in [0.15, 0.2) is 0 Å². The summed E-state index contributed by atoms with van der Waals surface area (Å²) in [6, 6.07) is 5.83. The molecule has 1 fully saturated rings. The zero-order chi connectivity index (χ0) is 12.0. The molecule has 0 aromatic heterocycles. The fraction of sp³-hybridized carbons (Fsp3) is 0.571. The number of fused-ring (bicyclic) bond motifs is 1. The summed E-state index contributed by atoms with van der Waals surface area (Å²) >= 11 is 6.01. The quantitative estimate of drug-likeness (QED) is 0.870. The van der Waals surface area contributed by atoms with Gasteiger partial charge in [-0.05, 0) is 43.4 Å². The molecule has 2 nitrogen and oxygen atoms in total. The molecule has 1 aliphatic heterocycles. The van der Waals surface area contributed by atoms with Gasteiger partial charge in [-0.15, -0.1) is 0 Å². The van der Waals surface area contributed by atoms with Crippen molar-refractivity contribution in [3.63, 3.8) is 0 Å². The van der Waals surface area contributed by atoms with E-state index in [1.54, 1.807) is 0 Å². The van der Waals surface area contributed by atoms with Gasteiger partial charge in [0.25, 0.3) is 0 Å². The normalized spacial score (nSPS) is 31.8. The van der Waals surface area contributed by atoms with E-state index in [2.05, 4.69) is 6.92 Å². The fourth-order valence-corrected chi connectivity index (χ4v) is 3.19. The van der Waals surface area contributed by atoms with Crippen molar-refractivity contribution in [2.45, 2.75) is 44.2 Å². The van der Waals surface area contributed by atoms with Crippen LogP contribution in [0, 0.1) is 5.92 Å². The molecule has 1 aliphatic carbocycles. The zero-order valence-corrected chi connectivity index (χ0v) is 10.8. The Labute approximate surface area is 107 Å². The summed E-state index contributed by atoms with van der Waals surface area (Å²) < 4.78 is 6.28. The minimum atomic E-state index is -0.0275. The van der Waals surface area contributed by atoms with Gasteiger partial charge in [-0.1, -0.05) is 18.5 Å². The maximum absolute atomic E-state index is 6.29. The van der Waals surface area contributed by atoms with Gasteiger partial charge in [0.05, 0.1) is 0 Å². The molecule has 3 rings (SSSR count). The third-order valence-corrected chi connectivity index (χ3v) is 4.40. The monoisotopic (exact) mass is 251 g/mol. The van der Waals surface area contributed by atoms with Gasteiger partial charge in [0.2, 0.25) is 0 Å². The van der Waals surface area contributed by atoms with E-state index < -0.39 is 0 Å². The molecule has 0 spiro atoms. The molecule has 3 heteroatoms. The summed E-state index contributed by atoms with van der Waals surface area (Å²) in [4.78, 5) is 0. The minimum absolute atomic E-state index is 0.0275. The largest absolute Gasteiger partial charge is 0.487 e. The average Bonchev–Trinajstić information content (AvgIpc) is 3.14. The molecule has 17 heavy (non-hydrogen) atoms. The standard InChI is InChI=1S/C14H18ClNO/c1-2-14(9-3-4-9)8-12(16)11-7-10(15)5-6-13(11)17-14/h5-7,9,12H,2-4,8,16H2,1H3. The molecule has 92 valence electrons. The van der Waals surface area contributed by atoms with Crippen LogP contribution in [0.15, 0.2) is 18.2 Å². The molecule has 1 heterocycles. The van der Waals surface area contributed by atoms with Crippen molar-refractivity contribution in [2.75, 3.05) is 0 Å². The lowest BCUT2D eigenvalue weighted by atomic mass is 9.82. The lowest BCUT2D eigenvalue weighted by molar-refractivity contribution is 0.0107. The molecule has 0 radical (unpaired) electrons. The Bertz CT molecular complexity index is 444. The van der Waals surface area contributed by atoms with E-state index in [1.807, 2.05) is 18.2 Å². The molecule has 1 aromatic carbocycles. The summed E-state index contributed by atoms with van der Waals surface area (Å²) in [5.41, 5.74) is 7.32. The molecule has 2 unspecified atom stereocenters. The van der Waals surface area contributed by atoms with Crippen LogP contribution in [-0.4, -0.2) is 5.60 Å². The topological polar surface area (TPSA) is 35.2 Å². The van der Waals surface area contributed by atoms with Gasteiger partial charge < -0.3 is 10.5 Å². The first-order valence-corrected chi connectivity index (χ1v) is 6.76. The molecule has 1 aromatic rings. The van der Waals surface area contributed by atoms with Gasteiger partial charge in [0, 0.05) is 23.0 Å². The molecular weight excluding hydrogens is 234 g/mol. The molecule has 0 saturated heterocycles. The first kappa shape index (κ1) is 11.4. The molecule has 1 saturated carbocycles. The van der Waals surface area contributed by atoms with E-state index in [-0.39, 0.29) is 11.6 Å². The van der Waals surface area contributed by atoms with Crippen LogP contribution in [0.1, 0.15) is 44.2 Å². The minimum Gasteiger partial charge on any atom is -0.487 e. The summed E-state index contributed by atoms with van der Waals surface area (Å²) in [5, 5.41) is 0.734. The fourth-order valence-electron chi connectivity index (χ4n) is 3.01. The highest BCUT2D eigenvalue weighted by atomic mass is 35.5. The Hall–Kier alpha value is -0.730. The van der Waals surface area contributed by atoms with Crippen LogP contribution in [0.2, 0.25) is 5.02 Å². The van der Waals surface area contributed by atoms with Crippen molar-refractivity contribution in [3.8, 4) is 5.75 Å². The van der Waals surface area contributed by atoms with Crippen LogP contribution in [-0.2, 0) is 0 Å². The predicted octanol–water partition coefficient (Wildman–Crippen LogP) is 3.68. The average molecular weight is 252 g/mol. The van der Waals surface area contributed by atoms with E-state index in [9.17, 15) is 0 Å². The summed E-state index contributed by atoms with van der Waals surface area (Å²) in [6.45, 7) is 2.20. The van der Waals surface area contributed by atoms with Crippen molar-refractivity contribution >= 4 is 11.6 Å². The van der Waals surface area contributed by atoms with E-state index in [0.29, 0.717) is 5.92 Å². The van der Waals surface area contributed by atoms with Crippen LogP contribution in [0.4, 0.5) is 0 Å². The van der Waals surface area contributed by atoms with Crippen LogP contribution in [0.5, 0.6) is 5.75 Å². The highest BCUT2D eigenvalue weighted by molar-refractivity contribution is 6.30. The number of hydrogen-bond donors (Lipinski definition) is 1. The van der Waals surface area contributed by atoms with Crippen LogP contribution in [0.3, 0.4) is 0 Å². The Morgan fingerprint density at radius 2 is 2.24 bits per heavy atom. The zero-order valence-electron chi connectivity index (χ0n) is 10.1. The van der Waals surface area contributed by atoms with Gasteiger partial charge in [-0.25, -0.2) is 0 Å². The van der Waals surface area contributed by atoms with Crippen molar-refractivity contribution in [2.24, 2.45) is 11.7 Å². The second-order valence-electron chi connectivity index (χ2n) is 5.29. The third-order valence-electron chi connectivity index (χ3n) is 4.17. The maximum Gasteiger partial charge on any atom is 0.125 e. The number of rotatable bonds is 2. The number of benzene rings is 1.